The van der Waals surface area contributed by atoms with Crippen LogP contribution in [-0.2, 0) is 26.0 Å². The van der Waals surface area contributed by atoms with E-state index in [1.54, 1.807) is 36.4 Å². The van der Waals surface area contributed by atoms with E-state index >= 15 is 0 Å². The fraction of sp³-hybridized carbons (Fsp3) is 0.278. The quantitative estimate of drug-likeness (QED) is 0.166. The zero-order valence-electron chi connectivity index (χ0n) is 26.1. The number of carbonyl (C=O) groups excluding carboxylic acids is 2. The van der Waals surface area contributed by atoms with Gasteiger partial charge in [0.1, 0.15) is 24.1 Å². The summed E-state index contributed by atoms with van der Waals surface area (Å²) in [5.74, 6) is 0.443. The third-order valence-electron chi connectivity index (χ3n) is 7.41. The van der Waals surface area contributed by atoms with E-state index < -0.39 is 28.5 Å². The van der Waals surface area contributed by atoms with E-state index in [-0.39, 0.29) is 17.3 Å². The zero-order valence-corrected chi connectivity index (χ0v) is 26.9. The number of aryl methyl sites for hydroxylation is 1. The molecule has 1 atom stereocenters. The van der Waals surface area contributed by atoms with Crippen LogP contribution in [0.3, 0.4) is 0 Å². The third kappa shape index (κ3) is 8.95. The maximum Gasteiger partial charge on any atom is 0.264 e. The highest BCUT2D eigenvalue weighted by molar-refractivity contribution is 7.92. The summed E-state index contributed by atoms with van der Waals surface area (Å²) in [5, 5.41) is 2.91. The van der Waals surface area contributed by atoms with Crippen LogP contribution in [0.1, 0.15) is 37.8 Å². The highest BCUT2D eigenvalue weighted by atomic mass is 32.2. The number of carbonyl (C=O) groups is 2. The van der Waals surface area contributed by atoms with E-state index in [9.17, 15) is 18.0 Å². The second-order valence-electron chi connectivity index (χ2n) is 10.8. The Kier molecular flexibility index (Phi) is 11.8. The number of hydrogen-bond acceptors (Lipinski definition) is 5. The van der Waals surface area contributed by atoms with Crippen LogP contribution < -0.4 is 14.4 Å². The average Bonchev–Trinajstić information content (AvgIpc) is 3.06. The molecule has 0 spiro atoms. The molecule has 2 amide bonds. The molecule has 0 fully saturated rings. The molecule has 45 heavy (non-hydrogen) atoms. The average molecular weight is 628 g/mol. The van der Waals surface area contributed by atoms with Crippen molar-refractivity contribution in [2.24, 2.45) is 0 Å². The minimum absolute atomic E-state index is 0.0640. The van der Waals surface area contributed by atoms with Crippen molar-refractivity contribution >= 4 is 27.5 Å². The van der Waals surface area contributed by atoms with E-state index in [1.807, 2.05) is 81.4 Å². The first-order valence-corrected chi connectivity index (χ1v) is 16.7. The molecule has 0 aliphatic heterocycles. The van der Waals surface area contributed by atoms with Gasteiger partial charge >= 0.3 is 0 Å². The van der Waals surface area contributed by atoms with Crippen LogP contribution in [0.15, 0.2) is 114 Å². The standard InChI is InChI=1S/C36H41N3O5S/c1-4-25-37-36(41)34(5-2)38(26-24-29-12-8-6-9-13-29)35(40)27-39(45(42,43)33-22-16-28(3)17-23-33)30-18-20-32(21-19-30)44-31-14-10-7-11-15-31/h6-23,34H,4-5,24-27H2,1-3H3,(H,37,41)/t34-/m1/s1. The summed E-state index contributed by atoms with van der Waals surface area (Å²) in [7, 11) is -4.16. The molecule has 0 saturated carbocycles. The first-order valence-electron chi connectivity index (χ1n) is 15.3. The first kappa shape index (κ1) is 33.3. The SMILES string of the molecule is CCCNC(=O)[C@@H](CC)N(CCc1ccccc1)C(=O)CN(c1ccc(Oc2ccccc2)cc1)S(=O)(=O)c1ccc(C)cc1. The van der Waals surface area contributed by atoms with Crippen molar-refractivity contribution in [3.8, 4) is 11.5 Å². The lowest BCUT2D eigenvalue weighted by atomic mass is 10.1. The number of nitrogens with one attached hydrogen (secondary N) is 1. The molecule has 0 bridgehead atoms. The maximum atomic E-state index is 14.2. The number of nitrogens with zero attached hydrogens (tertiary/aromatic N) is 2. The number of rotatable bonds is 15. The van der Waals surface area contributed by atoms with Gasteiger partial charge in [0, 0.05) is 13.1 Å². The van der Waals surface area contributed by atoms with Crippen LogP contribution in [0.4, 0.5) is 5.69 Å². The van der Waals surface area contributed by atoms with Gasteiger partial charge in [0.05, 0.1) is 10.6 Å². The van der Waals surface area contributed by atoms with Crippen LogP contribution >= 0.6 is 0 Å². The summed E-state index contributed by atoms with van der Waals surface area (Å²) in [5.41, 5.74) is 2.23. The topological polar surface area (TPSA) is 96.0 Å². The van der Waals surface area contributed by atoms with Crippen LogP contribution in [0.2, 0.25) is 0 Å². The van der Waals surface area contributed by atoms with Gasteiger partial charge in [-0.1, -0.05) is 80.1 Å². The molecule has 0 unspecified atom stereocenters. The predicted molar refractivity (Wildman–Crippen MR) is 178 cm³/mol. The summed E-state index contributed by atoms with van der Waals surface area (Å²) in [6, 6.07) is 31.3. The van der Waals surface area contributed by atoms with Gasteiger partial charge in [-0.15, -0.1) is 0 Å². The smallest absolute Gasteiger partial charge is 0.264 e. The normalized spacial score (nSPS) is 11.8. The molecule has 0 aromatic heterocycles. The highest BCUT2D eigenvalue weighted by Gasteiger charge is 2.33. The van der Waals surface area contributed by atoms with Crippen molar-refractivity contribution in [3.63, 3.8) is 0 Å². The van der Waals surface area contributed by atoms with Gasteiger partial charge in [0.25, 0.3) is 10.0 Å². The van der Waals surface area contributed by atoms with Gasteiger partial charge in [-0.3, -0.25) is 13.9 Å². The fourth-order valence-corrected chi connectivity index (χ4v) is 6.35. The molecule has 4 aromatic rings. The molecule has 0 aliphatic rings. The zero-order chi connectivity index (χ0) is 32.2. The van der Waals surface area contributed by atoms with Crippen molar-refractivity contribution in [2.75, 3.05) is 23.9 Å². The predicted octanol–water partition coefficient (Wildman–Crippen LogP) is 6.36. The van der Waals surface area contributed by atoms with Crippen LogP contribution in [0, 0.1) is 6.92 Å². The molecule has 8 nitrogen and oxygen atoms in total. The van der Waals surface area contributed by atoms with Gasteiger partial charge in [0.2, 0.25) is 11.8 Å². The van der Waals surface area contributed by atoms with Gasteiger partial charge in [-0.2, -0.15) is 0 Å². The van der Waals surface area contributed by atoms with Crippen LogP contribution in [-0.4, -0.2) is 50.8 Å². The summed E-state index contributed by atoms with van der Waals surface area (Å²) in [6.07, 6.45) is 1.65. The molecular formula is C36H41N3O5S. The summed E-state index contributed by atoms with van der Waals surface area (Å²) in [6.45, 7) is 5.95. The largest absolute Gasteiger partial charge is 0.457 e. The van der Waals surface area contributed by atoms with Gasteiger partial charge in [0.15, 0.2) is 0 Å². The summed E-state index contributed by atoms with van der Waals surface area (Å²) >= 11 is 0. The van der Waals surface area contributed by atoms with Crippen molar-refractivity contribution in [2.45, 2.75) is 51.0 Å². The summed E-state index contributed by atoms with van der Waals surface area (Å²) in [4.78, 5) is 29.0. The number of para-hydroxylation sites is 1. The van der Waals surface area contributed by atoms with E-state index in [2.05, 4.69) is 5.32 Å². The maximum absolute atomic E-state index is 14.2. The minimum Gasteiger partial charge on any atom is -0.457 e. The molecule has 236 valence electrons. The Morgan fingerprint density at radius 1 is 0.800 bits per heavy atom. The Labute approximate surface area is 266 Å². The van der Waals surface area contributed by atoms with Crippen molar-refractivity contribution in [1.29, 1.82) is 0 Å². The second kappa shape index (κ2) is 15.9. The van der Waals surface area contributed by atoms with Gasteiger partial charge < -0.3 is 15.0 Å². The van der Waals surface area contributed by atoms with Crippen molar-refractivity contribution < 1.29 is 22.7 Å². The van der Waals surface area contributed by atoms with E-state index in [4.69, 9.17) is 4.74 Å². The van der Waals surface area contributed by atoms with Gasteiger partial charge in [-0.05, 0) is 80.3 Å². The highest BCUT2D eigenvalue weighted by Crippen LogP contribution is 2.28. The Morgan fingerprint density at radius 2 is 1.40 bits per heavy atom. The Balaban J connectivity index is 1.68. The number of ether oxygens (including phenoxy) is 1. The number of amides is 2. The minimum atomic E-state index is -4.16. The number of anilines is 1. The number of sulfonamides is 1. The molecular weight excluding hydrogens is 586 g/mol. The molecule has 0 radical (unpaired) electrons. The molecule has 0 aliphatic carbocycles. The lowest BCUT2D eigenvalue weighted by molar-refractivity contribution is -0.139. The Bertz CT molecular complexity index is 1630. The van der Waals surface area contributed by atoms with Crippen LogP contribution in [0.25, 0.3) is 0 Å². The molecule has 0 saturated heterocycles. The molecule has 9 heteroatoms. The lowest BCUT2D eigenvalue weighted by Gasteiger charge is -2.33. The first-order chi connectivity index (χ1) is 21.7. The Morgan fingerprint density at radius 3 is 2.00 bits per heavy atom. The Hall–Kier alpha value is -4.63. The number of hydrogen-bond donors (Lipinski definition) is 1. The fourth-order valence-electron chi connectivity index (χ4n) is 4.93. The third-order valence-corrected chi connectivity index (χ3v) is 9.20. The van der Waals surface area contributed by atoms with E-state index in [0.29, 0.717) is 36.6 Å². The van der Waals surface area contributed by atoms with E-state index in [0.717, 1.165) is 21.9 Å². The monoisotopic (exact) mass is 627 g/mol. The molecule has 0 heterocycles. The molecule has 4 rings (SSSR count). The molecule has 1 N–H and O–H groups in total. The van der Waals surface area contributed by atoms with Crippen LogP contribution in [0.5, 0.6) is 11.5 Å². The molecule has 4 aromatic carbocycles. The lowest BCUT2D eigenvalue weighted by Crippen LogP contribution is -2.53. The van der Waals surface area contributed by atoms with E-state index in [1.165, 1.54) is 17.0 Å². The van der Waals surface area contributed by atoms with Crippen molar-refractivity contribution in [3.05, 3.63) is 120 Å². The van der Waals surface area contributed by atoms with Gasteiger partial charge in [-0.25, -0.2) is 8.42 Å². The second-order valence-corrected chi connectivity index (χ2v) is 12.6. The number of benzene rings is 4. The van der Waals surface area contributed by atoms with Crippen molar-refractivity contribution in [1.82, 2.24) is 10.2 Å². The summed E-state index contributed by atoms with van der Waals surface area (Å²) < 4.78 is 35.2.